The van der Waals surface area contributed by atoms with E-state index in [1.54, 1.807) is 0 Å². The molecule has 1 aliphatic rings. The minimum absolute atomic E-state index is 0.221. The first-order valence-electron chi connectivity index (χ1n) is 7.71. The maximum Gasteiger partial charge on any atom is 0.0329 e. The fraction of sp³-hybridized carbons (Fsp3) is 1.00. The van der Waals surface area contributed by atoms with Gasteiger partial charge >= 0.3 is 0 Å². The van der Waals surface area contributed by atoms with E-state index in [4.69, 9.17) is 5.73 Å². The molecule has 0 spiro atoms. The quantitative estimate of drug-likeness (QED) is 0.758. The Labute approximate surface area is 114 Å². The van der Waals surface area contributed by atoms with Gasteiger partial charge in [-0.3, -0.25) is 4.90 Å². The molecular weight excluding hydrogens is 222 g/mol. The van der Waals surface area contributed by atoms with E-state index in [0.717, 1.165) is 6.54 Å². The summed E-state index contributed by atoms with van der Waals surface area (Å²) in [5.74, 6) is 0. The van der Waals surface area contributed by atoms with Gasteiger partial charge in [0.1, 0.15) is 0 Å². The Hall–Kier alpha value is -0.120. The van der Waals surface area contributed by atoms with Crippen LogP contribution in [-0.2, 0) is 0 Å². The number of nitrogens with two attached hydrogens (primary N) is 1. The fourth-order valence-electron chi connectivity index (χ4n) is 3.34. The molecule has 0 amide bonds. The summed E-state index contributed by atoms with van der Waals surface area (Å²) in [5, 5.41) is 0. The van der Waals surface area contributed by atoms with Crippen LogP contribution in [0.1, 0.15) is 52.4 Å². The largest absolute Gasteiger partial charge is 0.329 e. The molecule has 3 heteroatoms. The second kappa shape index (κ2) is 7.46. The van der Waals surface area contributed by atoms with E-state index in [0.29, 0.717) is 6.04 Å². The number of hydrogen-bond donors (Lipinski definition) is 1. The standard InChI is InChI=1S/C15H33N3/c1-5-7-10-15(6-2,13-16)18(4)14-9-8-11-17(3)12-14/h14H,5-13,16H2,1-4H3. The van der Waals surface area contributed by atoms with Gasteiger partial charge in [0.2, 0.25) is 0 Å². The zero-order chi connectivity index (χ0) is 13.6. The van der Waals surface area contributed by atoms with Crippen molar-refractivity contribution in [3.05, 3.63) is 0 Å². The molecule has 0 aromatic rings. The highest BCUT2D eigenvalue weighted by atomic mass is 15.3. The Kier molecular flexibility index (Phi) is 6.61. The van der Waals surface area contributed by atoms with Crippen LogP contribution < -0.4 is 5.73 Å². The summed E-state index contributed by atoms with van der Waals surface area (Å²) in [6.07, 6.45) is 7.61. The first-order chi connectivity index (χ1) is 8.59. The van der Waals surface area contributed by atoms with Gasteiger partial charge in [0.05, 0.1) is 0 Å². The average molecular weight is 255 g/mol. The maximum absolute atomic E-state index is 6.15. The number of likely N-dealkylation sites (N-methyl/N-ethyl adjacent to an activating group) is 2. The van der Waals surface area contributed by atoms with Gasteiger partial charge in [-0.2, -0.15) is 0 Å². The highest BCUT2D eigenvalue weighted by Gasteiger charge is 2.36. The lowest BCUT2D eigenvalue weighted by Gasteiger charge is -2.47. The summed E-state index contributed by atoms with van der Waals surface area (Å²) < 4.78 is 0. The van der Waals surface area contributed by atoms with Gasteiger partial charge in [0.15, 0.2) is 0 Å². The molecule has 1 saturated heterocycles. The number of hydrogen-bond acceptors (Lipinski definition) is 3. The van der Waals surface area contributed by atoms with E-state index in [9.17, 15) is 0 Å². The smallest absolute Gasteiger partial charge is 0.0329 e. The molecule has 1 aliphatic heterocycles. The van der Waals surface area contributed by atoms with Crippen LogP contribution in [0.2, 0.25) is 0 Å². The fourth-order valence-corrected chi connectivity index (χ4v) is 3.34. The highest BCUT2D eigenvalue weighted by Crippen LogP contribution is 2.29. The third-order valence-corrected chi connectivity index (χ3v) is 4.93. The van der Waals surface area contributed by atoms with Gasteiger partial charge in [0.25, 0.3) is 0 Å². The first-order valence-corrected chi connectivity index (χ1v) is 7.71. The van der Waals surface area contributed by atoms with Crippen molar-refractivity contribution in [2.45, 2.75) is 64.0 Å². The Morgan fingerprint density at radius 3 is 2.61 bits per heavy atom. The van der Waals surface area contributed by atoms with E-state index < -0.39 is 0 Å². The van der Waals surface area contributed by atoms with Gasteiger partial charge in [-0.25, -0.2) is 0 Å². The average Bonchev–Trinajstić information content (AvgIpc) is 2.40. The van der Waals surface area contributed by atoms with Gasteiger partial charge in [-0.05, 0) is 46.3 Å². The van der Waals surface area contributed by atoms with Crippen molar-refractivity contribution in [1.82, 2.24) is 9.80 Å². The van der Waals surface area contributed by atoms with Crippen LogP contribution in [0, 0.1) is 0 Å². The molecule has 18 heavy (non-hydrogen) atoms. The van der Waals surface area contributed by atoms with Crippen molar-refractivity contribution in [1.29, 1.82) is 0 Å². The van der Waals surface area contributed by atoms with Crippen LogP contribution in [-0.4, -0.2) is 55.1 Å². The van der Waals surface area contributed by atoms with Gasteiger partial charge in [-0.1, -0.05) is 26.7 Å². The Morgan fingerprint density at radius 2 is 2.11 bits per heavy atom. The van der Waals surface area contributed by atoms with Crippen LogP contribution in [0.5, 0.6) is 0 Å². The summed E-state index contributed by atoms with van der Waals surface area (Å²) in [4.78, 5) is 5.07. The van der Waals surface area contributed by atoms with Crippen molar-refractivity contribution in [3.63, 3.8) is 0 Å². The maximum atomic E-state index is 6.15. The molecular formula is C15H33N3. The third kappa shape index (κ3) is 3.69. The topological polar surface area (TPSA) is 32.5 Å². The summed E-state index contributed by atoms with van der Waals surface area (Å²) in [6, 6.07) is 0.684. The second-order valence-corrected chi connectivity index (χ2v) is 6.05. The minimum Gasteiger partial charge on any atom is -0.329 e. The molecule has 3 nitrogen and oxygen atoms in total. The highest BCUT2D eigenvalue weighted by molar-refractivity contribution is 4.94. The van der Waals surface area contributed by atoms with E-state index in [1.165, 1.54) is 51.6 Å². The monoisotopic (exact) mass is 255 g/mol. The van der Waals surface area contributed by atoms with Crippen molar-refractivity contribution >= 4 is 0 Å². The van der Waals surface area contributed by atoms with Crippen LogP contribution in [0.25, 0.3) is 0 Å². The lowest BCUT2D eigenvalue weighted by atomic mass is 9.85. The van der Waals surface area contributed by atoms with Crippen LogP contribution in [0.3, 0.4) is 0 Å². The molecule has 0 aromatic heterocycles. The van der Waals surface area contributed by atoms with Crippen molar-refractivity contribution in [2.75, 3.05) is 33.7 Å². The van der Waals surface area contributed by atoms with Crippen molar-refractivity contribution in [2.24, 2.45) is 5.73 Å². The van der Waals surface area contributed by atoms with Gasteiger partial charge in [0, 0.05) is 24.7 Å². The summed E-state index contributed by atoms with van der Waals surface area (Å²) >= 11 is 0. The first kappa shape index (κ1) is 15.9. The van der Waals surface area contributed by atoms with Crippen molar-refractivity contribution < 1.29 is 0 Å². The molecule has 1 heterocycles. The number of piperidine rings is 1. The molecule has 0 radical (unpaired) electrons. The summed E-state index contributed by atoms with van der Waals surface area (Å²) in [6.45, 7) is 7.81. The molecule has 2 atom stereocenters. The van der Waals surface area contributed by atoms with Gasteiger partial charge in [-0.15, -0.1) is 0 Å². The van der Waals surface area contributed by atoms with E-state index in [-0.39, 0.29) is 5.54 Å². The molecule has 2 unspecified atom stereocenters. The zero-order valence-electron chi connectivity index (χ0n) is 12.9. The minimum atomic E-state index is 0.221. The molecule has 0 bridgehead atoms. The van der Waals surface area contributed by atoms with Gasteiger partial charge < -0.3 is 10.6 Å². The normalized spacial score (nSPS) is 25.3. The van der Waals surface area contributed by atoms with Crippen LogP contribution in [0.15, 0.2) is 0 Å². The second-order valence-electron chi connectivity index (χ2n) is 6.05. The zero-order valence-corrected chi connectivity index (χ0v) is 12.9. The molecule has 0 aromatic carbocycles. The third-order valence-electron chi connectivity index (χ3n) is 4.93. The summed E-state index contributed by atoms with van der Waals surface area (Å²) in [5.41, 5.74) is 6.37. The number of rotatable bonds is 7. The number of likely N-dealkylation sites (tertiary alicyclic amines) is 1. The van der Waals surface area contributed by atoms with E-state index in [2.05, 4.69) is 37.7 Å². The Balaban J connectivity index is 2.70. The molecule has 108 valence electrons. The number of nitrogens with zero attached hydrogens (tertiary/aromatic N) is 2. The predicted octanol–water partition coefficient (Wildman–Crippen LogP) is 2.31. The van der Waals surface area contributed by atoms with Crippen molar-refractivity contribution in [3.8, 4) is 0 Å². The summed E-state index contributed by atoms with van der Waals surface area (Å²) in [7, 11) is 4.54. The SMILES string of the molecule is CCCCC(CC)(CN)N(C)C1CCCN(C)C1. The lowest BCUT2D eigenvalue weighted by Crippen LogP contribution is -2.59. The molecule has 1 rings (SSSR count). The van der Waals surface area contributed by atoms with Crippen LogP contribution in [0.4, 0.5) is 0 Å². The van der Waals surface area contributed by atoms with E-state index >= 15 is 0 Å². The molecule has 2 N–H and O–H groups in total. The van der Waals surface area contributed by atoms with Crippen LogP contribution >= 0.6 is 0 Å². The molecule has 1 fully saturated rings. The molecule has 0 saturated carbocycles. The van der Waals surface area contributed by atoms with E-state index in [1.807, 2.05) is 0 Å². The number of unbranched alkanes of at least 4 members (excludes halogenated alkanes) is 1. The predicted molar refractivity (Wildman–Crippen MR) is 79.9 cm³/mol. The lowest BCUT2D eigenvalue weighted by molar-refractivity contribution is 0.0284. The Bertz CT molecular complexity index is 226. The Morgan fingerprint density at radius 1 is 1.39 bits per heavy atom. The molecule has 0 aliphatic carbocycles.